The fraction of sp³-hybridized carbons (Fsp3) is 0.750. The van der Waals surface area contributed by atoms with Crippen molar-refractivity contribution >= 4 is 23.0 Å². The third-order valence-corrected chi connectivity index (χ3v) is 7.98. The Morgan fingerprint density at radius 1 is 1.12 bits per heavy atom. The minimum atomic E-state index is -0.537. The molecule has 5 atom stereocenters. The number of anilines is 2. The number of piperidine rings is 1. The summed E-state index contributed by atoms with van der Waals surface area (Å²) >= 11 is 6.61. The van der Waals surface area contributed by atoms with E-state index in [-0.39, 0.29) is 29.9 Å². The van der Waals surface area contributed by atoms with E-state index < -0.39 is 11.6 Å². The Morgan fingerprint density at radius 2 is 1.91 bits per heavy atom. The van der Waals surface area contributed by atoms with Gasteiger partial charge in [-0.05, 0) is 69.2 Å². The molecule has 6 nitrogen and oxygen atoms in total. The Morgan fingerprint density at radius 3 is 2.64 bits per heavy atom. The topological polar surface area (TPSA) is 62.8 Å². The first-order chi connectivity index (χ1) is 16.0. The lowest BCUT2D eigenvalue weighted by molar-refractivity contribution is 0.0681. The van der Waals surface area contributed by atoms with Crippen LogP contribution in [0.25, 0.3) is 0 Å². The molecule has 4 rings (SSSR count). The summed E-state index contributed by atoms with van der Waals surface area (Å²) in [6, 6.07) is 2.82. The maximum absolute atomic E-state index is 15.5. The zero-order valence-corrected chi connectivity index (χ0v) is 20.3. The van der Waals surface area contributed by atoms with Crippen LogP contribution in [0.1, 0.15) is 39.0 Å². The van der Waals surface area contributed by atoms with Crippen LogP contribution in [-0.2, 0) is 0 Å². The molecule has 3 fully saturated rings. The number of benzene rings is 1. The Labute approximate surface area is 201 Å². The van der Waals surface area contributed by atoms with Gasteiger partial charge in [0, 0.05) is 36.7 Å². The number of alkyl halides is 1. The highest BCUT2D eigenvalue weighted by Crippen LogP contribution is 2.45. The predicted molar refractivity (Wildman–Crippen MR) is 130 cm³/mol. The van der Waals surface area contributed by atoms with Crippen molar-refractivity contribution in [2.75, 3.05) is 56.2 Å². The number of nitrogens with zero attached hydrogens (tertiary/aromatic N) is 2. The molecule has 0 spiro atoms. The average Bonchev–Trinajstić information content (AvgIpc) is 2.93. The van der Waals surface area contributed by atoms with E-state index in [0.717, 1.165) is 45.2 Å². The number of hydrogen-bond donors (Lipinski definition) is 4. The van der Waals surface area contributed by atoms with Gasteiger partial charge in [0.2, 0.25) is 0 Å². The number of aliphatic hydroxyl groups excluding tert-OH is 1. The van der Waals surface area contributed by atoms with E-state index in [1.807, 2.05) is 4.90 Å². The number of nitrogens with one attached hydrogen (secondary N) is 3. The van der Waals surface area contributed by atoms with Crippen LogP contribution in [0, 0.1) is 23.5 Å². The van der Waals surface area contributed by atoms with Crippen LogP contribution in [-0.4, -0.2) is 73.6 Å². The maximum atomic E-state index is 15.5. The van der Waals surface area contributed by atoms with Gasteiger partial charge in [0.25, 0.3) is 0 Å². The van der Waals surface area contributed by atoms with Gasteiger partial charge in [-0.2, -0.15) is 0 Å². The Kier molecular flexibility index (Phi) is 8.68. The van der Waals surface area contributed by atoms with Crippen LogP contribution in [0.4, 0.5) is 20.2 Å². The van der Waals surface area contributed by atoms with Gasteiger partial charge in [-0.3, -0.25) is 4.90 Å². The van der Waals surface area contributed by atoms with Gasteiger partial charge < -0.3 is 26.0 Å². The molecule has 186 valence electrons. The molecule has 3 aliphatic rings. The van der Waals surface area contributed by atoms with Crippen LogP contribution < -0.4 is 20.9 Å². The molecule has 2 saturated heterocycles. The van der Waals surface area contributed by atoms with E-state index in [4.69, 9.17) is 16.7 Å². The van der Waals surface area contributed by atoms with Gasteiger partial charge in [0.05, 0.1) is 19.4 Å². The molecule has 0 aromatic heterocycles. The lowest BCUT2D eigenvalue weighted by Gasteiger charge is -2.45. The molecule has 2 aliphatic heterocycles. The summed E-state index contributed by atoms with van der Waals surface area (Å²) in [6.07, 6.45) is 5.24. The molecule has 1 aromatic carbocycles. The highest BCUT2D eigenvalue weighted by molar-refractivity contribution is 6.20. The van der Waals surface area contributed by atoms with Gasteiger partial charge in [-0.25, -0.2) is 8.78 Å². The van der Waals surface area contributed by atoms with Gasteiger partial charge in [0.15, 0.2) is 11.6 Å². The fourth-order valence-corrected chi connectivity index (χ4v) is 6.39. The summed E-state index contributed by atoms with van der Waals surface area (Å²) in [6.45, 7) is 6.08. The van der Waals surface area contributed by atoms with E-state index in [1.165, 1.54) is 12.1 Å². The molecular formula is C24H38ClF2N5O. The zero-order valence-electron chi connectivity index (χ0n) is 19.5. The molecule has 4 N–H and O–H groups in total. The molecule has 0 amide bonds. The predicted octanol–water partition coefficient (Wildman–Crippen LogP) is 3.16. The first-order valence-corrected chi connectivity index (χ1v) is 12.9. The van der Waals surface area contributed by atoms with E-state index in [1.54, 1.807) is 0 Å². The van der Waals surface area contributed by atoms with Crippen LogP contribution in [0.2, 0.25) is 0 Å². The molecule has 1 aromatic rings. The number of halogens is 3. The van der Waals surface area contributed by atoms with Crippen molar-refractivity contribution in [3.8, 4) is 0 Å². The van der Waals surface area contributed by atoms with Crippen molar-refractivity contribution in [2.45, 2.75) is 56.6 Å². The zero-order chi connectivity index (χ0) is 23.4. The SMILES string of the molecule is CCN1CN(c2c(F)cc(NCCNCCO)cc2F)C2CC(Cl)CCC2C2CCCNC21. The summed E-state index contributed by atoms with van der Waals surface area (Å²) < 4.78 is 31.0. The fourth-order valence-electron chi connectivity index (χ4n) is 6.09. The highest BCUT2D eigenvalue weighted by Gasteiger charge is 2.47. The first kappa shape index (κ1) is 24.9. The summed E-state index contributed by atoms with van der Waals surface area (Å²) in [5.41, 5.74) is 0.490. The summed E-state index contributed by atoms with van der Waals surface area (Å²) in [4.78, 5) is 4.31. The number of rotatable bonds is 8. The molecule has 2 heterocycles. The first-order valence-electron chi connectivity index (χ1n) is 12.5. The van der Waals surface area contributed by atoms with Crippen LogP contribution in [0.15, 0.2) is 12.1 Å². The minimum Gasteiger partial charge on any atom is -0.395 e. The molecule has 9 heteroatoms. The smallest absolute Gasteiger partial charge is 0.151 e. The summed E-state index contributed by atoms with van der Waals surface area (Å²) in [5, 5.41) is 18.7. The number of fused-ring (bicyclic) bond motifs is 3. The van der Waals surface area contributed by atoms with Crippen LogP contribution >= 0.6 is 11.6 Å². The molecule has 1 saturated carbocycles. The Balaban J connectivity index is 1.61. The van der Waals surface area contributed by atoms with Crippen molar-refractivity contribution in [2.24, 2.45) is 11.8 Å². The van der Waals surface area contributed by atoms with Crippen molar-refractivity contribution in [3.05, 3.63) is 23.8 Å². The highest BCUT2D eigenvalue weighted by atomic mass is 35.5. The monoisotopic (exact) mass is 485 g/mol. The lowest BCUT2D eigenvalue weighted by Crippen LogP contribution is -2.54. The second kappa shape index (κ2) is 11.5. The summed E-state index contributed by atoms with van der Waals surface area (Å²) in [5.74, 6) is -0.241. The van der Waals surface area contributed by atoms with E-state index in [9.17, 15) is 0 Å². The third kappa shape index (κ3) is 5.56. The Bertz CT molecular complexity index is 764. The number of hydrogen-bond acceptors (Lipinski definition) is 6. The minimum absolute atomic E-state index is 0.0238. The lowest BCUT2D eigenvalue weighted by atomic mass is 9.72. The summed E-state index contributed by atoms with van der Waals surface area (Å²) in [7, 11) is 0. The van der Waals surface area contributed by atoms with Crippen LogP contribution in [0.5, 0.6) is 0 Å². The van der Waals surface area contributed by atoms with Crippen molar-refractivity contribution in [1.29, 1.82) is 0 Å². The standard InChI is InChI=1S/C24H38ClF2N5O/c1-2-31-15-32(22-12-16(25)5-6-18(22)19-4-3-7-30-24(19)31)23-20(26)13-17(14-21(23)27)29-9-8-28-10-11-33/h13-14,16,18-19,22,24,28-30,33H,2-12,15H2,1H3. The van der Waals surface area contributed by atoms with E-state index in [0.29, 0.717) is 43.8 Å². The average molecular weight is 486 g/mol. The largest absolute Gasteiger partial charge is 0.395 e. The third-order valence-electron chi connectivity index (χ3n) is 7.59. The quantitative estimate of drug-likeness (QED) is 0.335. The van der Waals surface area contributed by atoms with E-state index in [2.05, 4.69) is 27.8 Å². The van der Waals surface area contributed by atoms with Gasteiger partial charge in [-0.15, -0.1) is 11.6 Å². The van der Waals surface area contributed by atoms with Gasteiger partial charge >= 0.3 is 0 Å². The van der Waals surface area contributed by atoms with Gasteiger partial charge in [0.1, 0.15) is 5.69 Å². The number of aliphatic hydroxyl groups is 1. The molecule has 0 bridgehead atoms. The Hall–Kier alpha value is -1.19. The second-order valence-corrected chi connectivity index (χ2v) is 10.2. The molecule has 33 heavy (non-hydrogen) atoms. The van der Waals surface area contributed by atoms with Crippen molar-refractivity contribution in [3.63, 3.8) is 0 Å². The van der Waals surface area contributed by atoms with E-state index >= 15 is 8.78 Å². The van der Waals surface area contributed by atoms with Crippen LogP contribution in [0.3, 0.4) is 0 Å². The van der Waals surface area contributed by atoms with Crippen molar-refractivity contribution < 1.29 is 13.9 Å². The molecule has 5 unspecified atom stereocenters. The molecule has 0 radical (unpaired) electrons. The molecular weight excluding hydrogens is 448 g/mol. The van der Waals surface area contributed by atoms with Crippen molar-refractivity contribution in [1.82, 2.24) is 15.5 Å². The maximum Gasteiger partial charge on any atom is 0.151 e. The second-order valence-electron chi connectivity index (χ2n) is 9.55. The normalized spacial score (nSPS) is 30.5. The molecule has 1 aliphatic carbocycles. The van der Waals surface area contributed by atoms with Gasteiger partial charge in [-0.1, -0.05) is 6.92 Å².